The summed E-state index contributed by atoms with van der Waals surface area (Å²) in [5, 5.41) is 9.77. The van der Waals surface area contributed by atoms with Crippen molar-refractivity contribution in [2.75, 3.05) is 13.4 Å². The van der Waals surface area contributed by atoms with Gasteiger partial charge in [0.05, 0.1) is 6.61 Å². The molecular weight excluding hydrogens is 184 g/mol. The second kappa shape index (κ2) is 2.87. The van der Waals surface area contributed by atoms with Gasteiger partial charge in [-0.15, -0.1) is 0 Å². The molecule has 2 heterocycles. The van der Waals surface area contributed by atoms with Crippen molar-refractivity contribution in [3.8, 4) is 11.5 Å². The smallest absolute Gasteiger partial charge is 0.231 e. The van der Waals surface area contributed by atoms with E-state index in [0.29, 0.717) is 12.4 Å². The monoisotopic (exact) mass is 194 g/mol. The third-order valence-corrected chi connectivity index (χ3v) is 2.45. The van der Waals surface area contributed by atoms with Crippen LogP contribution in [0.4, 0.5) is 0 Å². The van der Waals surface area contributed by atoms with E-state index < -0.39 is 6.10 Å². The summed E-state index contributed by atoms with van der Waals surface area (Å²) in [6.45, 7) is 0.893. The summed E-state index contributed by atoms with van der Waals surface area (Å²) in [6, 6.07) is 5.44. The first-order valence-electron chi connectivity index (χ1n) is 4.54. The second-order valence-electron chi connectivity index (χ2n) is 3.43. The summed E-state index contributed by atoms with van der Waals surface area (Å²) < 4.78 is 15.4. The Morgan fingerprint density at radius 2 is 2.07 bits per heavy atom. The highest BCUT2D eigenvalue weighted by molar-refractivity contribution is 5.45. The van der Waals surface area contributed by atoms with Gasteiger partial charge >= 0.3 is 0 Å². The number of hydrogen-bond donors (Lipinski definition) is 1. The fraction of sp³-hybridized carbons (Fsp3) is 0.400. The van der Waals surface area contributed by atoms with Gasteiger partial charge in [0, 0.05) is 0 Å². The standard InChI is InChI=1S/C10H10O4/c11-10(9-4-12-9)6-1-2-7-8(3-6)14-5-13-7/h1-3,9-11H,4-5H2/t9-,10-/m0/s1. The van der Waals surface area contributed by atoms with Crippen LogP contribution in [-0.4, -0.2) is 24.6 Å². The predicted molar refractivity (Wildman–Crippen MR) is 47.3 cm³/mol. The number of fused-ring (bicyclic) bond motifs is 1. The van der Waals surface area contributed by atoms with Crippen molar-refractivity contribution in [2.45, 2.75) is 12.2 Å². The first-order valence-corrected chi connectivity index (χ1v) is 4.54. The molecule has 0 bridgehead atoms. The molecule has 1 saturated heterocycles. The van der Waals surface area contributed by atoms with E-state index in [1.807, 2.05) is 12.1 Å². The highest BCUT2D eigenvalue weighted by atomic mass is 16.7. The quantitative estimate of drug-likeness (QED) is 0.709. The number of ether oxygens (including phenoxy) is 3. The predicted octanol–water partition coefficient (Wildman–Crippen LogP) is 0.847. The van der Waals surface area contributed by atoms with Crippen molar-refractivity contribution < 1.29 is 19.3 Å². The topological polar surface area (TPSA) is 51.2 Å². The van der Waals surface area contributed by atoms with Gasteiger partial charge in [-0.05, 0) is 17.7 Å². The molecule has 1 aromatic rings. The van der Waals surface area contributed by atoms with E-state index in [4.69, 9.17) is 14.2 Å². The minimum absolute atomic E-state index is 0.0460. The van der Waals surface area contributed by atoms with Crippen LogP contribution in [0.25, 0.3) is 0 Å². The van der Waals surface area contributed by atoms with Gasteiger partial charge in [0.1, 0.15) is 12.2 Å². The molecule has 2 aliphatic rings. The Morgan fingerprint density at radius 1 is 1.29 bits per heavy atom. The third-order valence-electron chi connectivity index (χ3n) is 2.45. The molecular formula is C10H10O4. The molecule has 0 aliphatic carbocycles. The lowest BCUT2D eigenvalue weighted by Gasteiger charge is -2.07. The number of aliphatic hydroxyl groups is 1. The van der Waals surface area contributed by atoms with E-state index in [9.17, 15) is 5.11 Å². The molecule has 0 saturated carbocycles. The molecule has 3 rings (SSSR count). The van der Waals surface area contributed by atoms with Crippen LogP contribution in [-0.2, 0) is 4.74 Å². The Hall–Kier alpha value is -1.26. The Labute approximate surface area is 81.0 Å². The zero-order valence-electron chi connectivity index (χ0n) is 7.47. The van der Waals surface area contributed by atoms with Gasteiger partial charge in [0.25, 0.3) is 0 Å². The van der Waals surface area contributed by atoms with Crippen molar-refractivity contribution in [2.24, 2.45) is 0 Å². The Balaban J connectivity index is 1.91. The average molecular weight is 194 g/mol. The van der Waals surface area contributed by atoms with E-state index in [-0.39, 0.29) is 12.9 Å². The molecule has 0 radical (unpaired) electrons. The molecule has 74 valence electrons. The lowest BCUT2D eigenvalue weighted by atomic mass is 10.1. The van der Waals surface area contributed by atoms with Gasteiger partial charge in [-0.25, -0.2) is 0 Å². The highest BCUT2D eigenvalue weighted by Gasteiger charge is 2.33. The summed E-state index contributed by atoms with van der Waals surface area (Å²) >= 11 is 0. The van der Waals surface area contributed by atoms with Crippen molar-refractivity contribution in [1.82, 2.24) is 0 Å². The molecule has 1 N–H and O–H groups in total. The van der Waals surface area contributed by atoms with E-state index >= 15 is 0 Å². The molecule has 0 spiro atoms. The van der Waals surface area contributed by atoms with Crippen molar-refractivity contribution in [3.63, 3.8) is 0 Å². The van der Waals surface area contributed by atoms with E-state index in [2.05, 4.69) is 0 Å². The average Bonchev–Trinajstić information content (AvgIpc) is 2.95. The SMILES string of the molecule is O[C@@H](c1ccc2c(c1)OCO2)[C@@H]1CO1. The summed E-state index contributed by atoms with van der Waals surface area (Å²) in [7, 11) is 0. The van der Waals surface area contributed by atoms with Gasteiger partial charge in [-0.3, -0.25) is 0 Å². The molecule has 2 aliphatic heterocycles. The molecule has 0 aromatic heterocycles. The molecule has 4 nitrogen and oxygen atoms in total. The number of epoxide rings is 1. The first-order chi connectivity index (χ1) is 6.84. The Morgan fingerprint density at radius 3 is 2.86 bits per heavy atom. The Kier molecular flexibility index (Phi) is 1.65. The van der Waals surface area contributed by atoms with Crippen LogP contribution >= 0.6 is 0 Å². The van der Waals surface area contributed by atoms with Crippen molar-refractivity contribution >= 4 is 0 Å². The molecule has 1 aromatic carbocycles. The van der Waals surface area contributed by atoms with Crippen LogP contribution in [0.2, 0.25) is 0 Å². The second-order valence-corrected chi connectivity index (χ2v) is 3.43. The van der Waals surface area contributed by atoms with Crippen molar-refractivity contribution in [1.29, 1.82) is 0 Å². The third kappa shape index (κ3) is 1.23. The first kappa shape index (κ1) is 8.08. The normalized spacial score (nSPS) is 24.8. The fourth-order valence-corrected chi connectivity index (χ4v) is 1.55. The van der Waals surface area contributed by atoms with E-state index in [0.717, 1.165) is 11.3 Å². The van der Waals surface area contributed by atoms with Gasteiger partial charge in [0.2, 0.25) is 6.79 Å². The van der Waals surface area contributed by atoms with Crippen LogP contribution < -0.4 is 9.47 Å². The summed E-state index contributed by atoms with van der Waals surface area (Å²) in [5.74, 6) is 1.43. The minimum Gasteiger partial charge on any atom is -0.454 e. The number of aliphatic hydroxyl groups excluding tert-OH is 1. The summed E-state index contributed by atoms with van der Waals surface area (Å²) in [6.07, 6.45) is -0.597. The van der Waals surface area contributed by atoms with Gasteiger partial charge in [-0.1, -0.05) is 6.07 Å². The maximum absolute atomic E-state index is 9.77. The fourth-order valence-electron chi connectivity index (χ4n) is 1.55. The molecule has 1 fully saturated rings. The van der Waals surface area contributed by atoms with Crippen LogP contribution in [0.3, 0.4) is 0 Å². The summed E-state index contributed by atoms with van der Waals surface area (Å²) in [4.78, 5) is 0. The molecule has 0 unspecified atom stereocenters. The maximum Gasteiger partial charge on any atom is 0.231 e. The lowest BCUT2D eigenvalue weighted by Crippen LogP contribution is -2.04. The number of benzene rings is 1. The van der Waals surface area contributed by atoms with E-state index in [1.54, 1.807) is 6.07 Å². The van der Waals surface area contributed by atoms with Crippen molar-refractivity contribution in [3.05, 3.63) is 23.8 Å². The molecule has 0 amide bonds. The zero-order chi connectivity index (χ0) is 9.54. The maximum atomic E-state index is 9.77. The van der Waals surface area contributed by atoms with Crippen LogP contribution in [0.15, 0.2) is 18.2 Å². The number of hydrogen-bond acceptors (Lipinski definition) is 4. The Bertz CT molecular complexity index is 359. The van der Waals surface area contributed by atoms with Gasteiger partial charge in [0.15, 0.2) is 11.5 Å². The van der Waals surface area contributed by atoms with Gasteiger partial charge in [-0.2, -0.15) is 0 Å². The van der Waals surface area contributed by atoms with Crippen LogP contribution in [0, 0.1) is 0 Å². The van der Waals surface area contributed by atoms with E-state index in [1.165, 1.54) is 0 Å². The van der Waals surface area contributed by atoms with Gasteiger partial charge < -0.3 is 19.3 Å². The lowest BCUT2D eigenvalue weighted by molar-refractivity contribution is 0.136. The summed E-state index contributed by atoms with van der Waals surface area (Å²) in [5.41, 5.74) is 0.816. The molecule has 2 atom stereocenters. The number of rotatable bonds is 2. The molecule has 4 heteroatoms. The molecule has 14 heavy (non-hydrogen) atoms. The van der Waals surface area contributed by atoms with Crippen LogP contribution in [0.1, 0.15) is 11.7 Å². The largest absolute Gasteiger partial charge is 0.454 e. The van der Waals surface area contributed by atoms with Crippen LogP contribution in [0.5, 0.6) is 11.5 Å². The zero-order valence-corrected chi connectivity index (χ0v) is 7.47. The highest BCUT2D eigenvalue weighted by Crippen LogP contribution is 2.36. The minimum atomic E-state index is -0.551.